The van der Waals surface area contributed by atoms with Crippen molar-refractivity contribution in [3.63, 3.8) is 0 Å². The van der Waals surface area contributed by atoms with Crippen molar-refractivity contribution in [3.8, 4) is 12.3 Å². The Hall–Kier alpha value is -0.940. The Labute approximate surface area is 71.9 Å². The maximum atomic E-state index is 5.68. The third kappa shape index (κ3) is 3.69. The number of allylic oxidation sites excluding steroid dienone is 1. The molecular weight excluding hydrogens is 162 g/mol. The largest absolute Gasteiger partial charge is 0.483 e. The van der Waals surface area contributed by atoms with Gasteiger partial charge in [-0.1, -0.05) is 12.5 Å². The van der Waals surface area contributed by atoms with Crippen LogP contribution in [0.4, 0.5) is 0 Å². The van der Waals surface area contributed by atoms with Crippen molar-refractivity contribution >= 4 is 17.5 Å². The number of methoxy groups -OCH3 is 1. The minimum absolute atomic E-state index is 0.287. The number of nitrogens with zero attached hydrogens (tertiary/aromatic N) is 1. The van der Waals surface area contributed by atoms with E-state index in [0.29, 0.717) is 11.6 Å². The smallest absolute Gasteiger partial charge is 0.207 e. The minimum Gasteiger partial charge on any atom is -0.483 e. The number of hydrogen-bond acceptors (Lipinski definition) is 2. The second-order valence-electron chi connectivity index (χ2n) is 1.86. The van der Waals surface area contributed by atoms with Crippen LogP contribution in [-0.4, -0.2) is 18.4 Å². The van der Waals surface area contributed by atoms with E-state index in [9.17, 15) is 0 Å². The van der Waals surface area contributed by atoms with Crippen LogP contribution >= 0.6 is 11.6 Å². The van der Waals surface area contributed by atoms with Gasteiger partial charge in [-0.2, -0.15) is 0 Å². The molecule has 1 unspecified atom stereocenters. The van der Waals surface area contributed by atoms with Crippen LogP contribution in [0.1, 0.15) is 6.92 Å². The SMILES string of the molecule is C#CC(=C)N=C(OC)C(C)Cl. The molecule has 0 aromatic carbocycles. The Morgan fingerprint density at radius 2 is 2.36 bits per heavy atom. The van der Waals surface area contributed by atoms with E-state index in [2.05, 4.69) is 17.5 Å². The van der Waals surface area contributed by atoms with Crippen molar-refractivity contribution in [2.24, 2.45) is 4.99 Å². The zero-order valence-electron chi connectivity index (χ0n) is 6.60. The van der Waals surface area contributed by atoms with Gasteiger partial charge in [-0.25, -0.2) is 4.99 Å². The van der Waals surface area contributed by atoms with Crippen molar-refractivity contribution in [2.45, 2.75) is 12.3 Å². The zero-order chi connectivity index (χ0) is 8.85. The fourth-order valence-electron chi connectivity index (χ4n) is 0.462. The molecule has 0 heterocycles. The van der Waals surface area contributed by atoms with E-state index < -0.39 is 0 Å². The molecule has 0 aliphatic heterocycles. The molecule has 3 heteroatoms. The molecule has 0 rings (SSSR count). The van der Waals surface area contributed by atoms with E-state index >= 15 is 0 Å². The molecule has 0 radical (unpaired) electrons. The summed E-state index contributed by atoms with van der Waals surface area (Å²) in [5.74, 6) is 2.65. The van der Waals surface area contributed by atoms with E-state index in [1.54, 1.807) is 6.92 Å². The maximum absolute atomic E-state index is 5.68. The lowest BCUT2D eigenvalue weighted by molar-refractivity contribution is 0.393. The molecule has 0 saturated heterocycles. The summed E-state index contributed by atoms with van der Waals surface area (Å²) in [5.41, 5.74) is 0.314. The van der Waals surface area contributed by atoms with Crippen molar-refractivity contribution in [1.29, 1.82) is 0 Å². The lowest BCUT2D eigenvalue weighted by Crippen LogP contribution is -2.12. The molecule has 0 spiro atoms. The van der Waals surface area contributed by atoms with Gasteiger partial charge in [0.15, 0.2) is 0 Å². The van der Waals surface area contributed by atoms with Crippen molar-refractivity contribution in [2.75, 3.05) is 7.11 Å². The number of ether oxygens (including phenoxy) is 1. The molecule has 0 saturated carbocycles. The lowest BCUT2D eigenvalue weighted by Gasteiger charge is -2.04. The van der Waals surface area contributed by atoms with Crippen LogP contribution in [0.2, 0.25) is 0 Å². The maximum Gasteiger partial charge on any atom is 0.207 e. The van der Waals surface area contributed by atoms with E-state index in [4.69, 9.17) is 22.8 Å². The van der Waals surface area contributed by atoms with Gasteiger partial charge in [0.05, 0.1) is 7.11 Å². The highest BCUT2D eigenvalue weighted by Crippen LogP contribution is 2.01. The van der Waals surface area contributed by atoms with Gasteiger partial charge in [0, 0.05) is 0 Å². The topological polar surface area (TPSA) is 21.6 Å². The Bertz CT molecular complexity index is 213. The van der Waals surface area contributed by atoms with Gasteiger partial charge >= 0.3 is 0 Å². The first-order valence-corrected chi connectivity index (χ1v) is 3.47. The molecular formula is C8H10ClNO. The molecule has 11 heavy (non-hydrogen) atoms. The first-order chi connectivity index (χ1) is 5.11. The average Bonchev–Trinajstić information content (AvgIpc) is 1.99. The van der Waals surface area contributed by atoms with E-state index in [0.717, 1.165) is 0 Å². The van der Waals surface area contributed by atoms with E-state index in [1.165, 1.54) is 7.11 Å². The molecule has 0 aliphatic rings. The molecule has 0 amide bonds. The predicted octanol–water partition coefficient (Wildman–Crippen LogP) is 1.81. The molecule has 0 N–H and O–H groups in total. The molecule has 0 aromatic heterocycles. The highest BCUT2D eigenvalue weighted by molar-refractivity contribution is 6.30. The number of terminal acetylenes is 1. The van der Waals surface area contributed by atoms with E-state index in [1.807, 2.05) is 0 Å². The number of hydrogen-bond donors (Lipinski definition) is 0. The van der Waals surface area contributed by atoms with Crippen LogP contribution in [0, 0.1) is 12.3 Å². The summed E-state index contributed by atoms with van der Waals surface area (Å²) in [6, 6.07) is 0. The van der Waals surface area contributed by atoms with Crippen molar-refractivity contribution in [1.82, 2.24) is 0 Å². The quantitative estimate of drug-likeness (QED) is 0.269. The summed E-state index contributed by atoms with van der Waals surface area (Å²) in [7, 11) is 1.49. The molecule has 0 aromatic rings. The Kier molecular flexibility index (Phi) is 4.40. The average molecular weight is 172 g/mol. The molecule has 0 aliphatic carbocycles. The summed E-state index contributed by atoms with van der Waals surface area (Å²) >= 11 is 5.68. The molecule has 1 atom stereocenters. The summed E-state index contributed by atoms with van der Waals surface area (Å²) in [6.07, 6.45) is 5.02. The van der Waals surface area contributed by atoms with Crippen LogP contribution in [-0.2, 0) is 4.74 Å². The predicted molar refractivity (Wildman–Crippen MR) is 47.7 cm³/mol. The van der Waals surface area contributed by atoms with Gasteiger partial charge < -0.3 is 4.74 Å². The third-order valence-corrected chi connectivity index (χ3v) is 1.15. The van der Waals surface area contributed by atoms with Gasteiger partial charge in [-0.3, -0.25) is 0 Å². The lowest BCUT2D eigenvalue weighted by atomic mass is 10.4. The van der Waals surface area contributed by atoms with Gasteiger partial charge in [0.25, 0.3) is 0 Å². The van der Waals surface area contributed by atoms with Gasteiger partial charge in [-0.15, -0.1) is 18.0 Å². The van der Waals surface area contributed by atoms with Crippen LogP contribution in [0.15, 0.2) is 17.3 Å². The number of halogens is 1. The monoisotopic (exact) mass is 171 g/mol. The van der Waals surface area contributed by atoms with Gasteiger partial charge in [0.1, 0.15) is 11.1 Å². The number of alkyl halides is 1. The van der Waals surface area contributed by atoms with Crippen LogP contribution in [0.5, 0.6) is 0 Å². The second kappa shape index (κ2) is 4.81. The van der Waals surface area contributed by atoms with Crippen molar-refractivity contribution in [3.05, 3.63) is 12.3 Å². The third-order valence-electron chi connectivity index (χ3n) is 0.961. The molecule has 0 bridgehead atoms. The Morgan fingerprint density at radius 1 is 1.82 bits per heavy atom. The Balaban J connectivity index is 4.38. The van der Waals surface area contributed by atoms with Crippen molar-refractivity contribution < 1.29 is 4.74 Å². The number of aliphatic imine (C=N–C) groups is 1. The highest BCUT2D eigenvalue weighted by Gasteiger charge is 2.05. The normalized spacial score (nSPS) is 13.5. The van der Waals surface area contributed by atoms with Gasteiger partial charge in [0.2, 0.25) is 5.90 Å². The fourth-order valence-corrected chi connectivity index (χ4v) is 0.600. The van der Waals surface area contributed by atoms with Crippen LogP contribution in [0.3, 0.4) is 0 Å². The fraction of sp³-hybridized carbons (Fsp3) is 0.375. The summed E-state index contributed by atoms with van der Waals surface area (Å²) in [4.78, 5) is 3.84. The molecule has 0 fully saturated rings. The highest BCUT2D eigenvalue weighted by atomic mass is 35.5. The molecule has 60 valence electrons. The zero-order valence-corrected chi connectivity index (χ0v) is 7.35. The second-order valence-corrected chi connectivity index (χ2v) is 2.52. The summed E-state index contributed by atoms with van der Waals surface area (Å²) < 4.78 is 4.85. The minimum atomic E-state index is -0.287. The first kappa shape index (κ1) is 10.1. The van der Waals surface area contributed by atoms with Crippen LogP contribution in [0.25, 0.3) is 0 Å². The molecule has 2 nitrogen and oxygen atoms in total. The first-order valence-electron chi connectivity index (χ1n) is 3.04. The number of rotatable bonds is 2. The van der Waals surface area contributed by atoms with Gasteiger partial charge in [-0.05, 0) is 6.92 Å². The van der Waals surface area contributed by atoms with Crippen LogP contribution < -0.4 is 0 Å². The Morgan fingerprint density at radius 3 is 2.64 bits per heavy atom. The summed E-state index contributed by atoms with van der Waals surface area (Å²) in [5, 5.41) is -0.287. The standard InChI is InChI=1S/C8H10ClNO/c1-5-6(2)10-8(11-4)7(3)9/h1,7H,2H2,3-4H3. The van der Waals surface area contributed by atoms with E-state index in [-0.39, 0.29) is 5.38 Å². The summed E-state index contributed by atoms with van der Waals surface area (Å²) in [6.45, 7) is 5.22.